The monoisotopic (exact) mass is 396 g/mol. The Balaban J connectivity index is 1.46. The van der Waals surface area contributed by atoms with Crippen molar-refractivity contribution in [2.75, 3.05) is 7.05 Å². The van der Waals surface area contributed by atoms with Gasteiger partial charge in [0, 0.05) is 12.1 Å². The van der Waals surface area contributed by atoms with Crippen LogP contribution in [-0.2, 0) is 13.1 Å². The number of fused-ring (bicyclic) bond motifs is 1. The number of hydrogen-bond acceptors (Lipinski definition) is 4. The lowest BCUT2D eigenvalue weighted by Crippen LogP contribution is -2.30. The minimum atomic E-state index is 0.438. The first-order valence-electron chi connectivity index (χ1n) is 9.73. The van der Waals surface area contributed by atoms with E-state index in [0.29, 0.717) is 12.1 Å². The molecule has 2 heterocycles. The molecule has 4 nitrogen and oxygen atoms in total. The van der Waals surface area contributed by atoms with Gasteiger partial charge in [-0.1, -0.05) is 30.3 Å². The number of benzene rings is 1. The van der Waals surface area contributed by atoms with Crippen LogP contribution < -0.4 is 0 Å². The molecule has 0 saturated heterocycles. The normalized spacial score (nSPS) is 19.4. The van der Waals surface area contributed by atoms with E-state index in [0.717, 1.165) is 17.3 Å². The molecule has 2 aromatic heterocycles. The van der Waals surface area contributed by atoms with Crippen LogP contribution in [0.15, 0.2) is 41.8 Å². The molecule has 1 saturated carbocycles. The molecule has 0 bridgehead atoms. The summed E-state index contributed by atoms with van der Waals surface area (Å²) in [4.78, 5) is 3.62. The fourth-order valence-electron chi connectivity index (χ4n) is 4.24. The molecule has 1 atom stereocenters. The molecule has 0 amide bonds. The summed E-state index contributed by atoms with van der Waals surface area (Å²) in [6.45, 7) is 0.732. The summed E-state index contributed by atoms with van der Waals surface area (Å²) in [6.07, 6.45) is 6.06. The first-order valence-corrected chi connectivity index (χ1v) is 11.0. The van der Waals surface area contributed by atoms with E-state index >= 15 is 0 Å². The fraction of sp³-hybridized carbons (Fsp3) is 0.429. The SMILES string of the molecule is CN(Cn1nc(-c2cccs2)n(C2CC2)c1=S)C1CCCc2ccccc21. The van der Waals surface area contributed by atoms with E-state index in [-0.39, 0.29) is 0 Å². The summed E-state index contributed by atoms with van der Waals surface area (Å²) in [7, 11) is 2.20. The van der Waals surface area contributed by atoms with Crippen LogP contribution in [0.25, 0.3) is 10.7 Å². The van der Waals surface area contributed by atoms with Gasteiger partial charge >= 0.3 is 0 Å². The molecular weight excluding hydrogens is 372 g/mol. The number of aromatic nitrogens is 3. The quantitative estimate of drug-likeness (QED) is 0.537. The molecule has 0 spiro atoms. The van der Waals surface area contributed by atoms with E-state index in [1.807, 2.05) is 4.68 Å². The predicted molar refractivity (Wildman–Crippen MR) is 113 cm³/mol. The summed E-state index contributed by atoms with van der Waals surface area (Å²) in [5, 5.41) is 7.06. The van der Waals surface area contributed by atoms with Gasteiger partial charge in [0.2, 0.25) is 0 Å². The maximum atomic E-state index is 5.84. The maximum Gasteiger partial charge on any atom is 0.199 e. The number of rotatable bonds is 5. The van der Waals surface area contributed by atoms with Gasteiger partial charge in [0.25, 0.3) is 0 Å². The van der Waals surface area contributed by atoms with Gasteiger partial charge in [-0.15, -0.1) is 16.4 Å². The Hall–Kier alpha value is -1.76. The number of thiophene rings is 1. The van der Waals surface area contributed by atoms with E-state index in [1.165, 1.54) is 48.1 Å². The van der Waals surface area contributed by atoms with E-state index in [9.17, 15) is 0 Å². The highest BCUT2D eigenvalue weighted by atomic mass is 32.1. The second-order valence-corrected chi connectivity index (χ2v) is 9.00. The van der Waals surface area contributed by atoms with Gasteiger partial charge in [-0.3, -0.25) is 9.47 Å². The molecule has 27 heavy (non-hydrogen) atoms. The first kappa shape index (κ1) is 17.3. The summed E-state index contributed by atoms with van der Waals surface area (Å²) in [5.74, 6) is 1.04. The fourth-order valence-corrected chi connectivity index (χ4v) is 5.28. The summed E-state index contributed by atoms with van der Waals surface area (Å²) in [6, 6.07) is 14.1. The number of hydrogen-bond donors (Lipinski definition) is 0. The Bertz CT molecular complexity index is 998. The Morgan fingerprint density at radius 3 is 2.81 bits per heavy atom. The van der Waals surface area contributed by atoms with E-state index in [2.05, 4.69) is 58.3 Å². The highest BCUT2D eigenvalue weighted by Gasteiger charge is 2.30. The van der Waals surface area contributed by atoms with Gasteiger partial charge in [-0.05, 0) is 73.9 Å². The molecule has 0 N–H and O–H groups in total. The van der Waals surface area contributed by atoms with Crippen molar-refractivity contribution in [2.45, 2.75) is 50.9 Å². The van der Waals surface area contributed by atoms with Crippen molar-refractivity contribution in [3.8, 4) is 10.7 Å². The summed E-state index contributed by atoms with van der Waals surface area (Å²) in [5.41, 5.74) is 2.96. The van der Waals surface area contributed by atoms with Crippen LogP contribution in [0, 0.1) is 4.77 Å². The number of aryl methyl sites for hydroxylation is 1. The Kier molecular flexibility index (Phi) is 4.50. The van der Waals surface area contributed by atoms with Crippen molar-refractivity contribution < 1.29 is 0 Å². The van der Waals surface area contributed by atoms with Gasteiger partial charge in [0.15, 0.2) is 10.6 Å². The highest BCUT2D eigenvalue weighted by molar-refractivity contribution is 7.71. The molecule has 0 radical (unpaired) electrons. The van der Waals surface area contributed by atoms with Crippen LogP contribution in [-0.4, -0.2) is 26.3 Å². The zero-order valence-corrected chi connectivity index (χ0v) is 17.2. The van der Waals surface area contributed by atoms with Gasteiger partial charge < -0.3 is 0 Å². The lowest BCUT2D eigenvalue weighted by atomic mass is 9.87. The average Bonchev–Trinajstić information content (AvgIpc) is 3.27. The van der Waals surface area contributed by atoms with Crippen LogP contribution in [0.4, 0.5) is 0 Å². The summed E-state index contributed by atoms with van der Waals surface area (Å²) < 4.78 is 5.17. The minimum Gasteiger partial charge on any atom is -0.296 e. The number of nitrogens with zero attached hydrogens (tertiary/aromatic N) is 4. The molecule has 1 unspecified atom stereocenters. The van der Waals surface area contributed by atoms with Crippen molar-refractivity contribution in [3.63, 3.8) is 0 Å². The lowest BCUT2D eigenvalue weighted by Gasteiger charge is -2.33. The van der Waals surface area contributed by atoms with E-state index in [4.69, 9.17) is 17.3 Å². The average molecular weight is 397 g/mol. The largest absolute Gasteiger partial charge is 0.296 e. The van der Waals surface area contributed by atoms with Gasteiger partial charge in [0.1, 0.15) is 0 Å². The van der Waals surface area contributed by atoms with Crippen molar-refractivity contribution in [2.24, 2.45) is 0 Å². The third kappa shape index (κ3) is 3.20. The molecule has 140 valence electrons. The van der Waals surface area contributed by atoms with Crippen LogP contribution in [0.5, 0.6) is 0 Å². The van der Waals surface area contributed by atoms with E-state index < -0.39 is 0 Å². The van der Waals surface area contributed by atoms with E-state index in [1.54, 1.807) is 11.3 Å². The second-order valence-electron chi connectivity index (χ2n) is 7.69. The predicted octanol–water partition coefficient (Wildman–Crippen LogP) is 5.44. The zero-order chi connectivity index (χ0) is 18.4. The third-order valence-electron chi connectivity index (χ3n) is 5.75. The topological polar surface area (TPSA) is 26.0 Å². The second kappa shape index (κ2) is 7.00. The maximum absolute atomic E-state index is 5.84. The van der Waals surface area contributed by atoms with Crippen LogP contribution in [0.2, 0.25) is 0 Å². The molecule has 2 aliphatic rings. The third-order valence-corrected chi connectivity index (χ3v) is 7.02. The summed E-state index contributed by atoms with van der Waals surface area (Å²) >= 11 is 7.58. The van der Waals surface area contributed by atoms with Crippen molar-refractivity contribution in [3.05, 3.63) is 57.7 Å². The first-order chi connectivity index (χ1) is 13.2. The van der Waals surface area contributed by atoms with Crippen LogP contribution in [0.1, 0.15) is 48.9 Å². The molecule has 1 fully saturated rings. The van der Waals surface area contributed by atoms with Gasteiger partial charge in [0.05, 0.1) is 11.5 Å². The van der Waals surface area contributed by atoms with Gasteiger partial charge in [-0.2, -0.15) is 0 Å². The Morgan fingerprint density at radius 1 is 1.19 bits per heavy atom. The van der Waals surface area contributed by atoms with Crippen molar-refractivity contribution in [1.82, 2.24) is 19.2 Å². The van der Waals surface area contributed by atoms with Crippen LogP contribution >= 0.6 is 23.6 Å². The lowest BCUT2D eigenvalue weighted by molar-refractivity contribution is 0.165. The molecule has 5 rings (SSSR count). The highest BCUT2D eigenvalue weighted by Crippen LogP contribution is 2.40. The van der Waals surface area contributed by atoms with Crippen molar-refractivity contribution >= 4 is 23.6 Å². The van der Waals surface area contributed by atoms with Crippen LogP contribution in [0.3, 0.4) is 0 Å². The molecule has 1 aromatic carbocycles. The molecule has 2 aliphatic carbocycles. The molecule has 0 aliphatic heterocycles. The van der Waals surface area contributed by atoms with Gasteiger partial charge in [-0.25, -0.2) is 4.68 Å². The Morgan fingerprint density at radius 2 is 2.04 bits per heavy atom. The van der Waals surface area contributed by atoms with Crippen molar-refractivity contribution in [1.29, 1.82) is 0 Å². The standard InChI is InChI=1S/C21H24N4S2/c1-23(18-9-4-7-15-6-2-3-8-17(15)18)14-24-21(26)25(16-11-12-16)20(22-24)19-10-5-13-27-19/h2-3,5-6,8,10,13,16,18H,4,7,9,11-12,14H2,1H3. The zero-order valence-electron chi connectivity index (χ0n) is 15.5. The smallest absolute Gasteiger partial charge is 0.199 e. The molecule has 3 aromatic rings. The minimum absolute atomic E-state index is 0.438. The molecule has 6 heteroatoms. The molecular formula is C21H24N4S2. The Labute approximate surface area is 169 Å².